The summed E-state index contributed by atoms with van der Waals surface area (Å²) in [5.41, 5.74) is 19.2. The molecule has 0 heterocycles. The highest BCUT2D eigenvalue weighted by Crippen LogP contribution is 2.40. The number of allylic oxidation sites excluding steroid dienone is 12. The van der Waals surface area contributed by atoms with Gasteiger partial charge in [-0.05, 0) is 167 Å². The van der Waals surface area contributed by atoms with Crippen molar-refractivity contribution >= 4 is 50.8 Å². The molecule has 0 saturated carbocycles. The summed E-state index contributed by atoms with van der Waals surface area (Å²) in [5.74, 6) is 0. The summed E-state index contributed by atoms with van der Waals surface area (Å²) < 4.78 is 0. The second-order valence-corrected chi connectivity index (χ2v) is 16.2. The lowest BCUT2D eigenvalue weighted by molar-refractivity contribution is 1.04. The fraction of sp³-hybridized carbons (Fsp3) is 0.100. The quantitative estimate of drug-likeness (QED) is 0.129. The minimum absolute atomic E-state index is 1.09. The van der Waals surface area contributed by atoms with Crippen LogP contribution in [0.5, 0.6) is 0 Å². The average molecular weight is 799 g/mol. The first-order chi connectivity index (χ1) is 30.7. The van der Waals surface area contributed by atoms with Crippen LogP contribution in [0, 0.1) is 0 Å². The summed E-state index contributed by atoms with van der Waals surface area (Å²) in [7, 11) is 0. The Labute approximate surface area is 367 Å². The van der Waals surface area contributed by atoms with Gasteiger partial charge in [0.25, 0.3) is 0 Å². The maximum absolute atomic E-state index is 2.37. The maximum atomic E-state index is 2.37. The zero-order chi connectivity index (χ0) is 41.5. The van der Waals surface area contributed by atoms with Gasteiger partial charge in [-0.25, -0.2) is 0 Å². The third-order valence-electron chi connectivity index (χ3n) is 12.2. The minimum atomic E-state index is 1.09. The number of rotatable bonds is 11. The lowest BCUT2D eigenvalue weighted by Gasteiger charge is -2.27. The molecule has 0 N–H and O–H groups in total. The lowest BCUT2D eigenvalue weighted by Crippen LogP contribution is -2.10. The van der Waals surface area contributed by atoms with E-state index in [0.29, 0.717) is 0 Å². The Balaban J connectivity index is 0.951. The van der Waals surface area contributed by atoms with Crippen LogP contribution < -0.4 is 9.80 Å². The highest BCUT2D eigenvalue weighted by molar-refractivity contribution is 5.85. The normalized spacial score (nSPS) is 14.5. The second kappa shape index (κ2) is 18.1. The van der Waals surface area contributed by atoms with Crippen LogP contribution in [-0.4, -0.2) is 0 Å². The Bertz CT molecular complexity index is 2740. The topological polar surface area (TPSA) is 6.48 Å². The van der Waals surface area contributed by atoms with Crippen LogP contribution in [0.1, 0.15) is 55.2 Å². The molecule has 0 unspecified atom stereocenters. The van der Waals surface area contributed by atoms with Crippen LogP contribution in [0.15, 0.2) is 231 Å². The molecule has 0 aliphatic heterocycles. The van der Waals surface area contributed by atoms with Crippen molar-refractivity contribution in [3.63, 3.8) is 0 Å². The minimum Gasteiger partial charge on any atom is -0.311 e. The zero-order valence-electron chi connectivity index (χ0n) is 35.1. The van der Waals surface area contributed by atoms with Crippen LogP contribution in [0.2, 0.25) is 0 Å². The summed E-state index contributed by atoms with van der Waals surface area (Å²) >= 11 is 0. The number of hydrogen-bond acceptors (Lipinski definition) is 2. The van der Waals surface area contributed by atoms with E-state index in [-0.39, 0.29) is 0 Å². The molecule has 0 aromatic heterocycles. The van der Waals surface area contributed by atoms with Crippen LogP contribution in [0.25, 0.3) is 39.0 Å². The van der Waals surface area contributed by atoms with Crippen LogP contribution >= 0.6 is 0 Å². The first-order valence-corrected chi connectivity index (χ1v) is 22.1. The van der Waals surface area contributed by atoms with E-state index >= 15 is 0 Å². The van der Waals surface area contributed by atoms with Gasteiger partial charge in [-0.2, -0.15) is 0 Å². The Kier molecular flexibility index (Phi) is 11.3. The molecule has 10 rings (SSSR count). The molecule has 3 aliphatic rings. The van der Waals surface area contributed by atoms with Gasteiger partial charge in [0, 0.05) is 34.1 Å². The zero-order valence-corrected chi connectivity index (χ0v) is 35.1. The third-order valence-corrected chi connectivity index (χ3v) is 12.2. The van der Waals surface area contributed by atoms with Crippen molar-refractivity contribution in [3.8, 4) is 22.3 Å². The van der Waals surface area contributed by atoms with E-state index in [4.69, 9.17) is 0 Å². The molecule has 7 aromatic rings. The summed E-state index contributed by atoms with van der Waals surface area (Å²) in [6, 6.07) is 64.6. The third kappa shape index (κ3) is 8.46. The van der Waals surface area contributed by atoms with Crippen molar-refractivity contribution in [2.45, 2.75) is 38.5 Å². The lowest BCUT2D eigenvalue weighted by atomic mass is 9.98. The van der Waals surface area contributed by atoms with Gasteiger partial charge < -0.3 is 9.80 Å². The first kappa shape index (κ1) is 38.8. The number of benzene rings is 7. The smallest absolute Gasteiger partial charge is 0.0462 e. The molecule has 0 bridgehead atoms. The summed E-state index contributed by atoms with van der Waals surface area (Å²) in [6.45, 7) is 0. The van der Waals surface area contributed by atoms with Crippen molar-refractivity contribution in [2.75, 3.05) is 9.80 Å². The van der Waals surface area contributed by atoms with Crippen molar-refractivity contribution < 1.29 is 0 Å². The molecular formula is C60H50N2. The van der Waals surface area contributed by atoms with E-state index in [2.05, 4.69) is 240 Å². The van der Waals surface area contributed by atoms with Gasteiger partial charge in [0.1, 0.15) is 0 Å². The van der Waals surface area contributed by atoms with E-state index in [0.717, 1.165) is 72.6 Å². The average Bonchev–Trinajstić information content (AvgIpc) is 3.36. The van der Waals surface area contributed by atoms with E-state index in [9.17, 15) is 0 Å². The molecule has 2 heteroatoms. The Morgan fingerprint density at radius 2 is 0.468 bits per heavy atom. The molecule has 7 aromatic carbocycles. The monoisotopic (exact) mass is 798 g/mol. The number of hydrogen-bond donors (Lipinski definition) is 0. The highest BCUT2D eigenvalue weighted by atomic mass is 15.1. The van der Waals surface area contributed by atoms with Crippen molar-refractivity contribution in [3.05, 3.63) is 247 Å². The summed E-state index contributed by atoms with van der Waals surface area (Å²) in [4.78, 5) is 4.72. The predicted octanol–water partition coefficient (Wildman–Crippen LogP) is 17.2. The molecule has 62 heavy (non-hydrogen) atoms. The SMILES string of the molecule is C1=CC(c2ccc(N(c3ccc(C4=CCCC=C4)cc3)c3ccc(-c4ccc(N(c5ccc(C6=CCCC=C6)cc5)c5ccc(-c6ccccc6)cc5)cc4)cc3)cc2)=CCC1. The van der Waals surface area contributed by atoms with Crippen LogP contribution in [-0.2, 0) is 0 Å². The van der Waals surface area contributed by atoms with Crippen molar-refractivity contribution in [1.29, 1.82) is 0 Å². The van der Waals surface area contributed by atoms with Gasteiger partial charge in [0.05, 0.1) is 0 Å². The first-order valence-electron chi connectivity index (χ1n) is 22.1. The Morgan fingerprint density at radius 3 is 0.710 bits per heavy atom. The Hall–Kier alpha value is -7.42. The van der Waals surface area contributed by atoms with E-state index < -0.39 is 0 Å². The van der Waals surface area contributed by atoms with Gasteiger partial charge >= 0.3 is 0 Å². The van der Waals surface area contributed by atoms with Gasteiger partial charge in [0.2, 0.25) is 0 Å². The molecule has 0 radical (unpaired) electrons. The Morgan fingerprint density at radius 1 is 0.226 bits per heavy atom. The van der Waals surface area contributed by atoms with E-state index in [1.54, 1.807) is 0 Å². The summed E-state index contributed by atoms with van der Waals surface area (Å²) in [6.07, 6.45) is 27.2. The molecular weight excluding hydrogens is 749 g/mol. The predicted molar refractivity (Wildman–Crippen MR) is 266 cm³/mol. The van der Waals surface area contributed by atoms with Gasteiger partial charge in [-0.1, -0.05) is 158 Å². The standard InChI is InChI=1S/C60H50N2/c1-5-13-45(14-6-1)49-21-33-55(34-22-49)61(56-35-23-50(24-36-56)46-15-7-2-8-16-46)59-41-29-53(30-42-59)54-31-43-60(44-32-54)62(57-37-25-51(26-38-57)47-17-9-3-10-18-47)58-39-27-52(28-40-58)48-19-11-4-12-20-48/h1,5-7,9,11,13-44H,2-4,8,10,12H2. The maximum Gasteiger partial charge on any atom is 0.0462 e. The number of nitrogens with zero attached hydrogens (tertiary/aromatic N) is 2. The number of anilines is 6. The summed E-state index contributed by atoms with van der Waals surface area (Å²) in [5, 5.41) is 0. The molecule has 2 nitrogen and oxygen atoms in total. The molecule has 3 aliphatic carbocycles. The van der Waals surface area contributed by atoms with Gasteiger partial charge in [0.15, 0.2) is 0 Å². The van der Waals surface area contributed by atoms with Crippen molar-refractivity contribution in [2.24, 2.45) is 0 Å². The van der Waals surface area contributed by atoms with Crippen LogP contribution in [0.4, 0.5) is 34.1 Å². The second-order valence-electron chi connectivity index (χ2n) is 16.2. The van der Waals surface area contributed by atoms with E-state index in [1.807, 2.05) is 0 Å². The van der Waals surface area contributed by atoms with Crippen molar-refractivity contribution in [1.82, 2.24) is 0 Å². The van der Waals surface area contributed by atoms with Crippen LogP contribution in [0.3, 0.4) is 0 Å². The van der Waals surface area contributed by atoms with E-state index in [1.165, 1.54) is 55.7 Å². The molecule has 0 amide bonds. The molecule has 0 spiro atoms. The molecule has 300 valence electrons. The molecule has 0 atom stereocenters. The van der Waals surface area contributed by atoms with Gasteiger partial charge in [-0.3, -0.25) is 0 Å². The fourth-order valence-electron chi connectivity index (χ4n) is 8.83. The molecule has 0 saturated heterocycles. The molecule has 0 fully saturated rings. The largest absolute Gasteiger partial charge is 0.311 e. The highest BCUT2D eigenvalue weighted by Gasteiger charge is 2.17. The van der Waals surface area contributed by atoms with Gasteiger partial charge in [-0.15, -0.1) is 0 Å². The fourth-order valence-corrected chi connectivity index (χ4v) is 8.83.